The fourth-order valence-electron chi connectivity index (χ4n) is 1.78. The summed E-state index contributed by atoms with van der Waals surface area (Å²) in [5.41, 5.74) is 1.85. The molecule has 2 aromatic rings. The fraction of sp³-hybridized carbons (Fsp3) is 0.200. The normalized spacial score (nSPS) is 11.8. The van der Waals surface area contributed by atoms with Crippen LogP contribution < -0.4 is 5.32 Å². The van der Waals surface area contributed by atoms with Gasteiger partial charge in [0.25, 0.3) is 0 Å². The molecular formula is C15H14FN3. The fourth-order valence-corrected chi connectivity index (χ4v) is 1.78. The van der Waals surface area contributed by atoms with Crippen molar-refractivity contribution in [1.29, 1.82) is 5.26 Å². The molecule has 1 heterocycles. The molecule has 0 saturated carbocycles. The maximum atomic E-state index is 13.6. The number of hydrogen-bond donors (Lipinski definition) is 1. The van der Waals surface area contributed by atoms with E-state index in [-0.39, 0.29) is 11.9 Å². The second kappa shape index (κ2) is 6.07. The van der Waals surface area contributed by atoms with Crippen molar-refractivity contribution in [3.05, 3.63) is 65.2 Å². The third-order valence-corrected chi connectivity index (χ3v) is 2.90. The molecule has 2 rings (SSSR count). The highest BCUT2D eigenvalue weighted by atomic mass is 19.1. The molecule has 1 aromatic heterocycles. The molecule has 0 aliphatic carbocycles. The summed E-state index contributed by atoms with van der Waals surface area (Å²) in [4.78, 5) is 4.24. The molecule has 0 fully saturated rings. The maximum absolute atomic E-state index is 13.6. The van der Waals surface area contributed by atoms with Crippen LogP contribution in [0.15, 0.2) is 42.6 Å². The van der Waals surface area contributed by atoms with Crippen molar-refractivity contribution in [2.45, 2.75) is 19.5 Å². The van der Waals surface area contributed by atoms with Gasteiger partial charge in [-0.25, -0.2) is 4.39 Å². The Morgan fingerprint density at radius 1 is 1.37 bits per heavy atom. The number of pyridine rings is 1. The quantitative estimate of drug-likeness (QED) is 0.913. The molecule has 1 N–H and O–H groups in total. The molecule has 0 saturated heterocycles. The minimum Gasteiger partial charge on any atom is -0.305 e. The third-order valence-electron chi connectivity index (χ3n) is 2.90. The number of nitrogens with one attached hydrogen (secondary N) is 1. The molecule has 0 aliphatic rings. The Kier molecular flexibility index (Phi) is 4.22. The number of rotatable bonds is 4. The molecule has 0 spiro atoms. The average molecular weight is 255 g/mol. The van der Waals surface area contributed by atoms with E-state index in [9.17, 15) is 4.39 Å². The molecule has 1 aromatic carbocycles. The van der Waals surface area contributed by atoms with Gasteiger partial charge in [0.2, 0.25) is 0 Å². The number of aromatic nitrogens is 1. The van der Waals surface area contributed by atoms with Crippen LogP contribution in [0.3, 0.4) is 0 Å². The molecule has 19 heavy (non-hydrogen) atoms. The largest absolute Gasteiger partial charge is 0.305 e. The Hall–Kier alpha value is -2.25. The van der Waals surface area contributed by atoms with Gasteiger partial charge in [0, 0.05) is 24.3 Å². The van der Waals surface area contributed by atoms with Crippen molar-refractivity contribution >= 4 is 0 Å². The Balaban J connectivity index is 2.05. The molecule has 3 nitrogen and oxygen atoms in total. The van der Waals surface area contributed by atoms with Gasteiger partial charge in [-0.2, -0.15) is 5.26 Å². The monoisotopic (exact) mass is 255 g/mol. The topological polar surface area (TPSA) is 48.7 Å². The Labute approximate surface area is 111 Å². The van der Waals surface area contributed by atoms with Crippen LogP contribution >= 0.6 is 0 Å². The van der Waals surface area contributed by atoms with Crippen LogP contribution in [0.5, 0.6) is 0 Å². The summed E-state index contributed by atoms with van der Waals surface area (Å²) in [6.07, 6.45) is 1.73. The van der Waals surface area contributed by atoms with E-state index in [0.717, 1.165) is 5.69 Å². The summed E-state index contributed by atoms with van der Waals surface area (Å²) in [5, 5.41) is 12.0. The zero-order valence-electron chi connectivity index (χ0n) is 10.6. The van der Waals surface area contributed by atoms with Crippen molar-refractivity contribution < 1.29 is 4.39 Å². The van der Waals surface area contributed by atoms with Gasteiger partial charge in [-0.05, 0) is 37.3 Å². The van der Waals surface area contributed by atoms with Crippen LogP contribution in [0.2, 0.25) is 0 Å². The second-order valence-corrected chi connectivity index (χ2v) is 4.28. The van der Waals surface area contributed by atoms with E-state index in [2.05, 4.69) is 10.3 Å². The van der Waals surface area contributed by atoms with Crippen molar-refractivity contribution in [2.24, 2.45) is 0 Å². The van der Waals surface area contributed by atoms with E-state index in [1.807, 2.05) is 31.2 Å². The van der Waals surface area contributed by atoms with E-state index in [1.165, 1.54) is 12.1 Å². The lowest BCUT2D eigenvalue weighted by molar-refractivity contribution is 0.536. The van der Waals surface area contributed by atoms with Gasteiger partial charge in [-0.15, -0.1) is 0 Å². The molecule has 1 atom stereocenters. The van der Waals surface area contributed by atoms with Gasteiger partial charge in [0.05, 0.1) is 17.3 Å². The van der Waals surface area contributed by atoms with Gasteiger partial charge in [0.15, 0.2) is 0 Å². The summed E-state index contributed by atoms with van der Waals surface area (Å²) < 4.78 is 13.6. The van der Waals surface area contributed by atoms with E-state index >= 15 is 0 Å². The first-order chi connectivity index (χ1) is 9.20. The predicted octanol–water partition coefficient (Wildman–Crippen LogP) is 2.94. The highest BCUT2D eigenvalue weighted by molar-refractivity contribution is 5.33. The van der Waals surface area contributed by atoms with Gasteiger partial charge in [-0.3, -0.25) is 4.98 Å². The van der Waals surface area contributed by atoms with Crippen molar-refractivity contribution in [3.8, 4) is 6.07 Å². The number of benzene rings is 1. The first kappa shape index (κ1) is 13.2. The standard InChI is InChI=1S/C15H14FN3/c1-11(15-4-2-3-7-18-15)19-10-13-8-12(9-17)5-6-14(13)16/h2-8,11,19H,10H2,1H3. The van der Waals surface area contributed by atoms with Crippen LogP contribution in [-0.2, 0) is 6.54 Å². The van der Waals surface area contributed by atoms with Crippen molar-refractivity contribution in [1.82, 2.24) is 10.3 Å². The minimum absolute atomic E-state index is 0.0198. The smallest absolute Gasteiger partial charge is 0.127 e. The summed E-state index contributed by atoms with van der Waals surface area (Å²) in [6.45, 7) is 2.33. The predicted molar refractivity (Wildman–Crippen MR) is 70.6 cm³/mol. The lowest BCUT2D eigenvalue weighted by atomic mass is 10.1. The highest BCUT2D eigenvalue weighted by Crippen LogP contribution is 2.13. The van der Waals surface area contributed by atoms with Gasteiger partial charge >= 0.3 is 0 Å². The van der Waals surface area contributed by atoms with Crippen molar-refractivity contribution in [3.63, 3.8) is 0 Å². The lowest BCUT2D eigenvalue weighted by Crippen LogP contribution is -2.19. The van der Waals surface area contributed by atoms with Crippen LogP contribution in [0, 0.1) is 17.1 Å². The molecule has 0 aliphatic heterocycles. The molecule has 1 unspecified atom stereocenters. The third kappa shape index (κ3) is 3.36. The van der Waals surface area contributed by atoms with Crippen LogP contribution in [-0.4, -0.2) is 4.98 Å². The van der Waals surface area contributed by atoms with Crippen LogP contribution in [0.25, 0.3) is 0 Å². The second-order valence-electron chi connectivity index (χ2n) is 4.28. The molecule has 0 radical (unpaired) electrons. The summed E-state index contributed by atoms with van der Waals surface area (Å²) in [5.74, 6) is -0.306. The zero-order chi connectivity index (χ0) is 13.7. The molecule has 0 amide bonds. The Bertz CT molecular complexity index is 590. The summed E-state index contributed by atoms with van der Waals surface area (Å²) in [6, 6.07) is 12.1. The van der Waals surface area contributed by atoms with E-state index < -0.39 is 0 Å². The molecule has 0 bridgehead atoms. The summed E-state index contributed by atoms with van der Waals surface area (Å²) >= 11 is 0. The van der Waals surface area contributed by atoms with Gasteiger partial charge in [0.1, 0.15) is 5.82 Å². The Morgan fingerprint density at radius 2 is 2.21 bits per heavy atom. The molecule has 96 valence electrons. The highest BCUT2D eigenvalue weighted by Gasteiger charge is 2.08. The lowest BCUT2D eigenvalue weighted by Gasteiger charge is -2.13. The van der Waals surface area contributed by atoms with Crippen LogP contribution in [0.1, 0.15) is 29.8 Å². The van der Waals surface area contributed by atoms with E-state index in [1.54, 1.807) is 12.3 Å². The van der Waals surface area contributed by atoms with E-state index in [4.69, 9.17) is 5.26 Å². The van der Waals surface area contributed by atoms with Gasteiger partial charge < -0.3 is 5.32 Å². The molecular weight excluding hydrogens is 241 g/mol. The van der Waals surface area contributed by atoms with Gasteiger partial charge in [-0.1, -0.05) is 6.07 Å². The Morgan fingerprint density at radius 3 is 2.89 bits per heavy atom. The molecule has 4 heteroatoms. The summed E-state index contributed by atoms with van der Waals surface area (Å²) in [7, 11) is 0. The first-order valence-electron chi connectivity index (χ1n) is 6.03. The number of hydrogen-bond acceptors (Lipinski definition) is 3. The van der Waals surface area contributed by atoms with E-state index in [0.29, 0.717) is 17.7 Å². The number of nitrogens with zero attached hydrogens (tertiary/aromatic N) is 2. The zero-order valence-corrected chi connectivity index (χ0v) is 10.6. The van der Waals surface area contributed by atoms with Crippen LogP contribution in [0.4, 0.5) is 4.39 Å². The average Bonchev–Trinajstić information content (AvgIpc) is 2.47. The first-order valence-corrected chi connectivity index (χ1v) is 6.03. The number of halogens is 1. The number of nitriles is 1. The van der Waals surface area contributed by atoms with Crippen molar-refractivity contribution in [2.75, 3.05) is 0 Å². The maximum Gasteiger partial charge on any atom is 0.127 e. The SMILES string of the molecule is CC(NCc1cc(C#N)ccc1F)c1ccccn1. The minimum atomic E-state index is -0.306.